The van der Waals surface area contributed by atoms with Gasteiger partial charge >= 0.3 is 5.97 Å². The molecule has 2 N–H and O–H groups in total. The Hall–Kier alpha value is -3.67. The fourth-order valence-electron chi connectivity index (χ4n) is 2.24. The van der Waals surface area contributed by atoms with E-state index >= 15 is 0 Å². The van der Waals surface area contributed by atoms with Crippen LogP contribution in [-0.4, -0.2) is 11.8 Å². The van der Waals surface area contributed by atoms with E-state index in [4.69, 9.17) is 15.3 Å². The van der Waals surface area contributed by atoms with E-state index in [2.05, 4.69) is 5.16 Å². The maximum atomic E-state index is 12.9. The Balaban J connectivity index is 1.56. The molecule has 0 heterocycles. The van der Waals surface area contributed by atoms with Gasteiger partial charge in [0.1, 0.15) is 18.2 Å². The largest absolute Gasteiger partial charge is 0.489 e. The van der Waals surface area contributed by atoms with Crippen LogP contribution in [0, 0.1) is 5.82 Å². The molecule has 0 fully saturated rings. The van der Waals surface area contributed by atoms with Gasteiger partial charge < -0.3 is 15.3 Å². The summed E-state index contributed by atoms with van der Waals surface area (Å²) < 4.78 is 18.4. The van der Waals surface area contributed by atoms with Gasteiger partial charge in [-0.1, -0.05) is 47.6 Å². The summed E-state index contributed by atoms with van der Waals surface area (Å²) in [4.78, 5) is 16.9. The topological polar surface area (TPSA) is 73.9 Å². The van der Waals surface area contributed by atoms with Crippen LogP contribution in [0.25, 0.3) is 0 Å². The zero-order chi connectivity index (χ0) is 19.1. The lowest BCUT2D eigenvalue weighted by Gasteiger charge is -2.07. The van der Waals surface area contributed by atoms with Crippen molar-refractivity contribution in [2.24, 2.45) is 10.9 Å². The molecule has 5 nitrogen and oxygen atoms in total. The van der Waals surface area contributed by atoms with Crippen molar-refractivity contribution in [3.8, 4) is 5.75 Å². The van der Waals surface area contributed by atoms with Crippen LogP contribution in [0.1, 0.15) is 21.5 Å². The Kier molecular flexibility index (Phi) is 5.79. The van der Waals surface area contributed by atoms with E-state index in [0.717, 1.165) is 5.56 Å². The molecule has 0 saturated carbocycles. The number of carbonyl (C=O) groups excluding carboxylic acids is 1. The number of nitrogens with zero attached hydrogens (tertiary/aromatic N) is 1. The molecular weight excluding hydrogens is 347 g/mol. The molecule has 0 aromatic heterocycles. The first kappa shape index (κ1) is 18.1. The van der Waals surface area contributed by atoms with Gasteiger partial charge in [0.2, 0.25) is 0 Å². The number of carbonyl (C=O) groups is 1. The second kappa shape index (κ2) is 8.62. The van der Waals surface area contributed by atoms with Crippen LogP contribution in [-0.2, 0) is 11.4 Å². The molecular formula is C21H17FN2O3. The molecule has 6 heteroatoms. The van der Waals surface area contributed by atoms with Crippen LogP contribution in [0.3, 0.4) is 0 Å². The van der Waals surface area contributed by atoms with Crippen LogP contribution in [0.2, 0.25) is 0 Å². The molecule has 3 rings (SSSR count). The molecule has 0 aliphatic carbocycles. The maximum Gasteiger partial charge on any atom is 0.365 e. The van der Waals surface area contributed by atoms with Gasteiger partial charge in [-0.25, -0.2) is 9.18 Å². The monoisotopic (exact) mass is 364 g/mol. The minimum absolute atomic E-state index is 0.119. The summed E-state index contributed by atoms with van der Waals surface area (Å²) in [6.07, 6.45) is 0. The van der Waals surface area contributed by atoms with Crippen molar-refractivity contribution in [1.29, 1.82) is 0 Å². The van der Waals surface area contributed by atoms with Crippen molar-refractivity contribution < 1.29 is 18.8 Å². The summed E-state index contributed by atoms with van der Waals surface area (Å²) in [5.41, 5.74) is 7.64. The smallest absolute Gasteiger partial charge is 0.365 e. The predicted octanol–water partition coefficient (Wildman–Crippen LogP) is 3.88. The Labute approximate surface area is 155 Å². The lowest BCUT2D eigenvalue weighted by atomic mass is 10.1. The molecule has 0 unspecified atom stereocenters. The van der Waals surface area contributed by atoms with Crippen molar-refractivity contribution in [1.82, 2.24) is 0 Å². The van der Waals surface area contributed by atoms with Crippen LogP contribution in [0.15, 0.2) is 84.0 Å². The van der Waals surface area contributed by atoms with Gasteiger partial charge in [-0.05, 0) is 42.0 Å². The molecule has 27 heavy (non-hydrogen) atoms. The summed E-state index contributed by atoms with van der Waals surface area (Å²) in [7, 11) is 0. The zero-order valence-corrected chi connectivity index (χ0v) is 14.3. The van der Waals surface area contributed by atoms with E-state index in [0.29, 0.717) is 23.5 Å². The van der Waals surface area contributed by atoms with E-state index in [-0.39, 0.29) is 11.7 Å². The van der Waals surface area contributed by atoms with E-state index in [1.165, 1.54) is 12.1 Å². The van der Waals surface area contributed by atoms with Crippen LogP contribution in [0.4, 0.5) is 4.39 Å². The minimum atomic E-state index is -0.611. The maximum absolute atomic E-state index is 12.9. The first-order valence-electron chi connectivity index (χ1n) is 8.19. The highest BCUT2D eigenvalue weighted by molar-refractivity contribution is 5.98. The molecule has 0 aliphatic rings. The van der Waals surface area contributed by atoms with Crippen molar-refractivity contribution in [3.63, 3.8) is 0 Å². The number of amidine groups is 1. The van der Waals surface area contributed by atoms with E-state index in [1.54, 1.807) is 48.5 Å². The second-order valence-electron chi connectivity index (χ2n) is 5.66. The number of hydrogen-bond acceptors (Lipinski definition) is 4. The van der Waals surface area contributed by atoms with E-state index < -0.39 is 5.97 Å². The molecule has 136 valence electrons. The molecule has 3 aromatic rings. The first-order chi connectivity index (χ1) is 13.1. The standard InChI is InChI=1S/C21H17FN2O3/c22-18-10-12-19(13-11-18)26-14-15-6-8-17(9-7-15)21(25)27-24-20(23)16-4-2-1-3-5-16/h1-13H,14H2,(H2,23,24). The summed E-state index contributed by atoms with van der Waals surface area (Å²) in [5, 5.41) is 3.67. The number of oxime groups is 1. The van der Waals surface area contributed by atoms with Gasteiger partial charge in [0.15, 0.2) is 5.84 Å². The highest BCUT2D eigenvalue weighted by Gasteiger charge is 2.08. The first-order valence-corrected chi connectivity index (χ1v) is 8.19. The molecule has 0 amide bonds. The third-order valence-electron chi connectivity index (χ3n) is 3.71. The number of ether oxygens (including phenoxy) is 1. The van der Waals surface area contributed by atoms with E-state index in [9.17, 15) is 9.18 Å². The third-order valence-corrected chi connectivity index (χ3v) is 3.71. The SMILES string of the molecule is N/C(=N\OC(=O)c1ccc(COc2ccc(F)cc2)cc1)c1ccccc1. The third kappa shape index (κ3) is 5.15. The lowest BCUT2D eigenvalue weighted by Crippen LogP contribution is -2.15. The molecule has 0 atom stereocenters. The Morgan fingerprint density at radius 3 is 2.22 bits per heavy atom. The van der Waals surface area contributed by atoms with Gasteiger partial charge in [0.05, 0.1) is 5.56 Å². The highest BCUT2D eigenvalue weighted by Crippen LogP contribution is 2.14. The summed E-state index contributed by atoms with van der Waals surface area (Å²) >= 11 is 0. The predicted molar refractivity (Wildman–Crippen MR) is 99.8 cm³/mol. The van der Waals surface area contributed by atoms with Crippen LogP contribution in [0.5, 0.6) is 5.75 Å². The summed E-state index contributed by atoms with van der Waals surface area (Å²) in [6.45, 7) is 0.292. The van der Waals surface area contributed by atoms with Gasteiger partial charge in [-0.3, -0.25) is 0 Å². The number of hydrogen-bond donors (Lipinski definition) is 1. The fraction of sp³-hybridized carbons (Fsp3) is 0.0476. The minimum Gasteiger partial charge on any atom is -0.489 e. The van der Waals surface area contributed by atoms with Crippen molar-refractivity contribution >= 4 is 11.8 Å². The highest BCUT2D eigenvalue weighted by atomic mass is 19.1. The van der Waals surface area contributed by atoms with E-state index in [1.807, 2.05) is 18.2 Å². The molecule has 0 saturated heterocycles. The number of rotatable bonds is 6. The van der Waals surface area contributed by atoms with Crippen molar-refractivity contribution in [2.45, 2.75) is 6.61 Å². The molecule has 0 aliphatic heterocycles. The number of nitrogens with two attached hydrogens (primary N) is 1. The Morgan fingerprint density at radius 2 is 1.56 bits per heavy atom. The van der Waals surface area contributed by atoms with Crippen LogP contribution >= 0.6 is 0 Å². The average molecular weight is 364 g/mol. The average Bonchev–Trinajstić information content (AvgIpc) is 2.72. The lowest BCUT2D eigenvalue weighted by molar-refractivity contribution is 0.0516. The quantitative estimate of drug-likeness (QED) is 0.312. The van der Waals surface area contributed by atoms with Crippen molar-refractivity contribution in [2.75, 3.05) is 0 Å². The number of benzene rings is 3. The van der Waals surface area contributed by atoms with Crippen molar-refractivity contribution in [3.05, 3.63) is 101 Å². The second-order valence-corrected chi connectivity index (χ2v) is 5.66. The summed E-state index contributed by atoms with van der Waals surface area (Å²) in [5.74, 6) is -0.250. The normalized spacial score (nSPS) is 11.1. The molecule has 0 spiro atoms. The van der Waals surface area contributed by atoms with Gasteiger partial charge in [0.25, 0.3) is 0 Å². The molecule has 3 aromatic carbocycles. The summed E-state index contributed by atoms with van der Waals surface area (Å²) in [6, 6.07) is 21.5. The molecule has 0 radical (unpaired) electrons. The van der Waals surface area contributed by atoms with Crippen LogP contribution < -0.4 is 10.5 Å². The zero-order valence-electron chi connectivity index (χ0n) is 14.3. The van der Waals surface area contributed by atoms with Gasteiger partial charge in [0, 0.05) is 5.56 Å². The van der Waals surface area contributed by atoms with Gasteiger partial charge in [-0.15, -0.1) is 0 Å². The molecule has 0 bridgehead atoms. The van der Waals surface area contributed by atoms with Gasteiger partial charge in [-0.2, -0.15) is 0 Å². The Bertz CT molecular complexity index is 924. The Morgan fingerprint density at radius 1 is 0.889 bits per heavy atom. The fourth-order valence-corrected chi connectivity index (χ4v) is 2.24. The number of halogens is 1.